The molecule has 0 aliphatic carbocycles. The van der Waals surface area contributed by atoms with Crippen LogP contribution in [0, 0.1) is 5.92 Å². The molecule has 0 spiro atoms. The molecule has 2 unspecified atom stereocenters. The van der Waals surface area contributed by atoms with Gasteiger partial charge in [-0.25, -0.2) is 12.7 Å². The largest absolute Gasteiger partial charge is 0.385 e. The summed E-state index contributed by atoms with van der Waals surface area (Å²) in [5.41, 5.74) is 0. The lowest BCUT2D eigenvalue weighted by Gasteiger charge is -2.36. The Morgan fingerprint density at radius 2 is 2.17 bits per heavy atom. The first-order chi connectivity index (χ1) is 8.51. The van der Waals surface area contributed by atoms with E-state index < -0.39 is 10.0 Å². The van der Waals surface area contributed by atoms with Gasteiger partial charge in [-0.1, -0.05) is 13.8 Å². The van der Waals surface area contributed by atoms with Crippen molar-refractivity contribution in [3.8, 4) is 0 Å². The number of ether oxygens (including phenoxy) is 1. The zero-order valence-corrected chi connectivity index (χ0v) is 12.5. The Morgan fingerprint density at radius 1 is 1.44 bits per heavy atom. The lowest BCUT2D eigenvalue weighted by atomic mass is 9.95. The molecule has 18 heavy (non-hydrogen) atoms. The second-order valence-electron chi connectivity index (χ2n) is 4.95. The molecule has 2 atom stereocenters. The number of piperidine rings is 1. The van der Waals surface area contributed by atoms with Crippen LogP contribution < -0.4 is 5.32 Å². The fraction of sp³-hybridized carbons (Fsp3) is 1.00. The Bertz CT molecular complexity index is 332. The summed E-state index contributed by atoms with van der Waals surface area (Å²) in [6, 6.07) is 0.445. The van der Waals surface area contributed by atoms with Crippen molar-refractivity contribution in [3.05, 3.63) is 0 Å². The van der Waals surface area contributed by atoms with Gasteiger partial charge in [-0.05, 0) is 25.3 Å². The van der Waals surface area contributed by atoms with Crippen LogP contribution >= 0.6 is 0 Å². The highest BCUT2D eigenvalue weighted by molar-refractivity contribution is 7.89. The maximum atomic E-state index is 12.1. The highest BCUT2D eigenvalue weighted by atomic mass is 32.2. The smallest absolute Gasteiger partial charge is 0.214 e. The molecule has 0 radical (unpaired) electrons. The van der Waals surface area contributed by atoms with E-state index in [1.807, 2.05) is 0 Å². The number of hydrogen-bond acceptors (Lipinski definition) is 4. The van der Waals surface area contributed by atoms with E-state index >= 15 is 0 Å². The molecule has 6 heteroatoms. The fourth-order valence-electron chi connectivity index (χ4n) is 2.44. The number of sulfonamides is 1. The number of nitrogens with zero attached hydrogens (tertiary/aromatic N) is 1. The summed E-state index contributed by atoms with van der Waals surface area (Å²) < 4.78 is 30.8. The van der Waals surface area contributed by atoms with Gasteiger partial charge < -0.3 is 10.1 Å². The second-order valence-corrected chi connectivity index (χ2v) is 7.04. The summed E-state index contributed by atoms with van der Waals surface area (Å²) in [5, 5.41) is 3.42. The molecule has 5 nitrogen and oxygen atoms in total. The SMILES string of the molecule is CCNC1CCN(S(=O)(=O)CCCOC)CC1C. The lowest BCUT2D eigenvalue weighted by molar-refractivity contribution is 0.197. The summed E-state index contributed by atoms with van der Waals surface area (Å²) in [6.45, 7) is 6.91. The standard InChI is InChI=1S/C12H26N2O3S/c1-4-13-12-6-7-14(10-11(12)2)18(15,16)9-5-8-17-3/h11-13H,4-10H2,1-3H3. The van der Waals surface area contributed by atoms with Crippen LogP contribution in [0.15, 0.2) is 0 Å². The second kappa shape index (κ2) is 7.43. The summed E-state index contributed by atoms with van der Waals surface area (Å²) >= 11 is 0. The van der Waals surface area contributed by atoms with Crippen molar-refractivity contribution < 1.29 is 13.2 Å². The van der Waals surface area contributed by atoms with Crippen molar-refractivity contribution in [1.82, 2.24) is 9.62 Å². The van der Waals surface area contributed by atoms with Crippen LogP contribution in [0.2, 0.25) is 0 Å². The Balaban J connectivity index is 2.49. The molecule has 1 fully saturated rings. The maximum absolute atomic E-state index is 12.1. The molecule has 1 N–H and O–H groups in total. The van der Waals surface area contributed by atoms with E-state index in [-0.39, 0.29) is 5.75 Å². The molecule has 0 saturated carbocycles. The molecule has 0 aromatic heterocycles. The zero-order chi connectivity index (χ0) is 13.6. The van der Waals surface area contributed by atoms with Gasteiger partial charge in [0, 0.05) is 32.8 Å². The van der Waals surface area contributed by atoms with E-state index in [1.165, 1.54) is 0 Å². The topological polar surface area (TPSA) is 58.6 Å². The molecule has 1 heterocycles. The maximum Gasteiger partial charge on any atom is 0.214 e. The average Bonchev–Trinajstić information content (AvgIpc) is 2.32. The molecule has 108 valence electrons. The van der Waals surface area contributed by atoms with Crippen LogP contribution in [0.3, 0.4) is 0 Å². The van der Waals surface area contributed by atoms with Crippen molar-refractivity contribution in [2.24, 2.45) is 5.92 Å². The third-order valence-corrected chi connectivity index (χ3v) is 5.40. The van der Waals surface area contributed by atoms with Crippen LogP contribution in [0.4, 0.5) is 0 Å². The van der Waals surface area contributed by atoms with Crippen molar-refractivity contribution in [2.75, 3.05) is 39.1 Å². The molecule has 1 rings (SSSR count). The number of nitrogens with one attached hydrogen (secondary N) is 1. The normalized spacial score (nSPS) is 26.4. The zero-order valence-electron chi connectivity index (χ0n) is 11.7. The van der Waals surface area contributed by atoms with E-state index in [9.17, 15) is 8.42 Å². The predicted octanol–water partition coefficient (Wildman–Crippen LogP) is 0.673. The monoisotopic (exact) mass is 278 g/mol. The highest BCUT2D eigenvalue weighted by Gasteiger charge is 2.31. The van der Waals surface area contributed by atoms with Gasteiger partial charge in [-0.3, -0.25) is 0 Å². The van der Waals surface area contributed by atoms with Gasteiger partial charge >= 0.3 is 0 Å². The molecule has 0 aromatic carbocycles. The lowest BCUT2D eigenvalue weighted by Crippen LogP contribution is -2.50. The molecule has 1 aliphatic rings. The van der Waals surface area contributed by atoms with E-state index in [0.29, 0.717) is 38.1 Å². The van der Waals surface area contributed by atoms with Gasteiger partial charge in [0.1, 0.15) is 0 Å². The van der Waals surface area contributed by atoms with E-state index in [4.69, 9.17) is 4.74 Å². The first-order valence-corrected chi connectivity index (χ1v) is 8.32. The molecule has 1 aliphatic heterocycles. The summed E-state index contributed by atoms with van der Waals surface area (Å²) in [6.07, 6.45) is 1.47. The highest BCUT2D eigenvalue weighted by Crippen LogP contribution is 2.20. The number of methoxy groups -OCH3 is 1. The molecular formula is C12H26N2O3S. The first-order valence-electron chi connectivity index (χ1n) is 6.71. The van der Waals surface area contributed by atoms with E-state index in [1.54, 1.807) is 11.4 Å². The van der Waals surface area contributed by atoms with Gasteiger partial charge in [-0.2, -0.15) is 0 Å². The minimum absolute atomic E-state index is 0.194. The van der Waals surface area contributed by atoms with Crippen LogP contribution in [-0.4, -0.2) is 57.9 Å². The summed E-state index contributed by atoms with van der Waals surface area (Å²) in [5.74, 6) is 0.565. The van der Waals surface area contributed by atoms with Crippen molar-refractivity contribution in [2.45, 2.75) is 32.7 Å². The third-order valence-electron chi connectivity index (χ3n) is 3.48. The van der Waals surface area contributed by atoms with Crippen LogP contribution in [0.25, 0.3) is 0 Å². The predicted molar refractivity (Wildman–Crippen MR) is 73.1 cm³/mol. The molecule has 0 aromatic rings. The molecule has 0 amide bonds. The fourth-order valence-corrected chi connectivity index (χ4v) is 4.03. The molecular weight excluding hydrogens is 252 g/mol. The minimum atomic E-state index is -3.10. The van der Waals surface area contributed by atoms with Crippen LogP contribution in [-0.2, 0) is 14.8 Å². The number of hydrogen-bond donors (Lipinski definition) is 1. The number of rotatable bonds is 7. The Morgan fingerprint density at radius 3 is 2.72 bits per heavy atom. The van der Waals surface area contributed by atoms with Crippen molar-refractivity contribution >= 4 is 10.0 Å². The van der Waals surface area contributed by atoms with Crippen LogP contribution in [0.1, 0.15) is 26.7 Å². The van der Waals surface area contributed by atoms with Crippen molar-refractivity contribution in [1.29, 1.82) is 0 Å². The van der Waals surface area contributed by atoms with E-state index in [2.05, 4.69) is 19.2 Å². The Hall–Kier alpha value is -0.170. The van der Waals surface area contributed by atoms with Gasteiger partial charge in [-0.15, -0.1) is 0 Å². The Labute approximate surface area is 111 Å². The first kappa shape index (κ1) is 15.9. The van der Waals surface area contributed by atoms with Gasteiger partial charge in [0.05, 0.1) is 5.75 Å². The summed E-state index contributed by atoms with van der Waals surface area (Å²) in [7, 11) is -1.51. The quantitative estimate of drug-likeness (QED) is 0.696. The van der Waals surface area contributed by atoms with Crippen molar-refractivity contribution in [3.63, 3.8) is 0 Å². The third kappa shape index (κ3) is 4.50. The summed E-state index contributed by atoms with van der Waals surface area (Å²) in [4.78, 5) is 0. The minimum Gasteiger partial charge on any atom is -0.385 e. The average molecular weight is 278 g/mol. The molecule has 1 saturated heterocycles. The van der Waals surface area contributed by atoms with E-state index in [0.717, 1.165) is 13.0 Å². The molecule has 0 bridgehead atoms. The van der Waals surface area contributed by atoms with Gasteiger partial charge in [0.25, 0.3) is 0 Å². The Kier molecular flexibility index (Phi) is 6.55. The van der Waals surface area contributed by atoms with Gasteiger partial charge in [0.2, 0.25) is 10.0 Å². The van der Waals surface area contributed by atoms with Gasteiger partial charge in [0.15, 0.2) is 0 Å². The van der Waals surface area contributed by atoms with Crippen LogP contribution in [0.5, 0.6) is 0 Å².